The Morgan fingerprint density at radius 2 is 1.20 bits per heavy atom. The van der Waals surface area contributed by atoms with E-state index in [-0.39, 0.29) is 11.6 Å². The number of para-hydroxylation sites is 1. The van der Waals surface area contributed by atoms with Gasteiger partial charge in [0, 0.05) is 36.1 Å². The summed E-state index contributed by atoms with van der Waals surface area (Å²) in [6.07, 6.45) is 0. The Bertz CT molecular complexity index is 1270. The minimum absolute atomic E-state index is 0.0140. The van der Waals surface area contributed by atoms with Crippen LogP contribution in [0.5, 0.6) is 0 Å². The van der Waals surface area contributed by atoms with Gasteiger partial charge >= 0.3 is 0 Å². The Morgan fingerprint density at radius 1 is 0.714 bits per heavy atom. The van der Waals surface area contributed by atoms with Crippen molar-refractivity contribution in [3.63, 3.8) is 0 Å². The normalized spacial score (nSPS) is 9.63. The molecule has 4 aromatic rings. The van der Waals surface area contributed by atoms with Crippen LogP contribution in [0.4, 0.5) is 17.1 Å². The number of halogens is 3. The maximum Gasteiger partial charge on any atom is 0.161 e. The molecule has 0 bridgehead atoms. The quantitative estimate of drug-likeness (QED) is 0.136. The zero-order chi connectivity index (χ0) is 25.8. The molecule has 180 valence electrons. The third-order valence-corrected chi connectivity index (χ3v) is 5.73. The van der Waals surface area contributed by atoms with Crippen LogP contribution in [0.25, 0.3) is 0 Å². The first kappa shape index (κ1) is 28.4. The van der Waals surface area contributed by atoms with Crippen molar-refractivity contribution in [2.75, 3.05) is 11.1 Å². The summed E-state index contributed by atoms with van der Waals surface area (Å²) in [6.45, 7) is 3.01. The molecule has 0 spiro atoms. The van der Waals surface area contributed by atoms with Crippen LogP contribution >= 0.6 is 45.8 Å². The van der Waals surface area contributed by atoms with Gasteiger partial charge in [-0.25, -0.2) is 0 Å². The van der Waals surface area contributed by atoms with E-state index in [4.69, 9.17) is 28.9 Å². The van der Waals surface area contributed by atoms with E-state index in [9.17, 15) is 9.59 Å². The highest BCUT2D eigenvalue weighted by Gasteiger charge is 2.08. The molecule has 0 fully saturated rings. The maximum atomic E-state index is 11.5. The highest BCUT2D eigenvalue weighted by atomic mass is 127. The number of carbonyl (C=O) groups excluding carboxylic acids is 2. The molecular formula is C28H25Cl2IN2O2. The predicted molar refractivity (Wildman–Crippen MR) is 156 cm³/mol. The van der Waals surface area contributed by atoms with Gasteiger partial charge in [0.15, 0.2) is 11.6 Å². The van der Waals surface area contributed by atoms with Crippen molar-refractivity contribution in [1.29, 1.82) is 0 Å². The fraction of sp³-hybridized carbons (Fsp3) is 0.0714. The zero-order valence-corrected chi connectivity index (χ0v) is 22.9. The summed E-state index contributed by atoms with van der Waals surface area (Å²) in [4.78, 5) is 22.3. The molecule has 0 heterocycles. The van der Waals surface area contributed by atoms with Gasteiger partial charge in [-0.05, 0) is 97.1 Å². The number of carbonyl (C=O) groups is 2. The van der Waals surface area contributed by atoms with Gasteiger partial charge in [-0.15, -0.1) is 0 Å². The molecule has 0 aliphatic heterocycles. The second-order valence-corrected chi connectivity index (χ2v) is 9.44. The molecule has 3 N–H and O–H groups in total. The minimum Gasteiger partial charge on any atom is -0.398 e. The zero-order valence-electron chi connectivity index (χ0n) is 19.3. The van der Waals surface area contributed by atoms with E-state index < -0.39 is 0 Å². The largest absolute Gasteiger partial charge is 0.398 e. The summed E-state index contributed by atoms with van der Waals surface area (Å²) >= 11 is 13.8. The van der Waals surface area contributed by atoms with Gasteiger partial charge in [-0.1, -0.05) is 59.6 Å². The summed E-state index contributed by atoms with van der Waals surface area (Å²) in [6, 6.07) is 29.9. The van der Waals surface area contributed by atoms with Crippen LogP contribution in [0, 0.1) is 3.57 Å². The number of benzene rings is 4. The van der Waals surface area contributed by atoms with E-state index >= 15 is 0 Å². The Labute approximate surface area is 229 Å². The van der Waals surface area contributed by atoms with Crippen molar-refractivity contribution in [3.05, 3.63) is 122 Å². The van der Waals surface area contributed by atoms with Crippen LogP contribution in [0.3, 0.4) is 0 Å². The topological polar surface area (TPSA) is 72.2 Å². The number of hydrogen-bond acceptors (Lipinski definition) is 4. The number of hydrogen-bond donors (Lipinski definition) is 2. The molecule has 4 rings (SSSR count). The number of rotatable bonds is 4. The van der Waals surface area contributed by atoms with Crippen molar-refractivity contribution in [1.82, 2.24) is 0 Å². The molecule has 0 saturated carbocycles. The number of nitrogen functional groups attached to an aromatic ring is 1. The minimum atomic E-state index is -0.0424. The molecule has 0 aromatic heterocycles. The lowest BCUT2D eigenvalue weighted by Crippen LogP contribution is -2.00. The Kier molecular flexibility index (Phi) is 11.8. The summed E-state index contributed by atoms with van der Waals surface area (Å²) in [5.74, 6) is -0.0285. The molecular weight excluding hydrogens is 594 g/mol. The molecule has 4 nitrogen and oxygen atoms in total. The third-order valence-electron chi connectivity index (χ3n) is 4.54. The number of nitrogens with one attached hydrogen (secondary N) is 1. The van der Waals surface area contributed by atoms with E-state index in [1.165, 1.54) is 10.5 Å². The lowest BCUT2D eigenvalue weighted by Gasteiger charge is -2.10. The predicted octanol–water partition coefficient (Wildman–Crippen LogP) is 8.70. The fourth-order valence-electron chi connectivity index (χ4n) is 2.87. The van der Waals surface area contributed by atoms with E-state index in [1.807, 2.05) is 48.5 Å². The molecule has 4 aromatic carbocycles. The van der Waals surface area contributed by atoms with E-state index in [0.717, 1.165) is 11.4 Å². The van der Waals surface area contributed by atoms with Gasteiger partial charge in [0.1, 0.15) is 0 Å². The van der Waals surface area contributed by atoms with Crippen LogP contribution in [-0.4, -0.2) is 11.6 Å². The van der Waals surface area contributed by atoms with Crippen molar-refractivity contribution < 1.29 is 9.59 Å². The average molecular weight is 619 g/mol. The van der Waals surface area contributed by atoms with Crippen LogP contribution in [0.2, 0.25) is 10.0 Å². The SMILES string of the molecule is CC(=O)c1ccc(Cl)cc1N.CC(=O)c1ccc(Cl)cc1Nc1ccccc1.Ic1ccccc1. The Morgan fingerprint density at radius 3 is 1.66 bits per heavy atom. The number of Topliss-reactive ketones (excluding diaryl/α,β-unsaturated/α-hetero) is 2. The van der Waals surface area contributed by atoms with Gasteiger partial charge < -0.3 is 11.1 Å². The number of nitrogens with two attached hydrogens (primary N) is 1. The van der Waals surface area contributed by atoms with E-state index in [1.54, 1.807) is 43.3 Å². The second kappa shape index (κ2) is 14.5. The molecule has 0 radical (unpaired) electrons. The van der Waals surface area contributed by atoms with E-state index in [2.05, 4.69) is 40.0 Å². The first-order chi connectivity index (χ1) is 16.7. The number of anilines is 3. The van der Waals surface area contributed by atoms with Gasteiger partial charge in [0.25, 0.3) is 0 Å². The van der Waals surface area contributed by atoms with Gasteiger partial charge in [0.05, 0.1) is 5.69 Å². The van der Waals surface area contributed by atoms with Crippen LogP contribution < -0.4 is 11.1 Å². The van der Waals surface area contributed by atoms with Gasteiger partial charge in [0.2, 0.25) is 0 Å². The molecule has 7 heteroatoms. The van der Waals surface area contributed by atoms with Crippen molar-refractivity contribution in [3.8, 4) is 0 Å². The van der Waals surface area contributed by atoms with Crippen molar-refractivity contribution in [2.24, 2.45) is 0 Å². The summed E-state index contributed by atoms with van der Waals surface area (Å²) < 4.78 is 1.29. The molecule has 0 unspecified atom stereocenters. The van der Waals surface area contributed by atoms with Gasteiger partial charge in [-0.3, -0.25) is 9.59 Å². The van der Waals surface area contributed by atoms with Crippen LogP contribution in [0.15, 0.2) is 97.1 Å². The standard InChI is InChI=1S/C14H12ClNO.C8H8ClNO.C6H5I/c1-10(17)13-8-7-11(15)9-14(13)16-12-5-3-2-4-6-12;1-5(11)7-3-2-6(9)4-8(7)10;7-6-4-2-1-3-5-6/h2-9,16H,1H3;2-4H,10H2,1H3;1-5H. The lowest BCUT2D eigenvalue weighted by atomic mass is 10.1. The molecule has 0 amide bonds. The van der Waals surface area contributed by atoms with Crippen molar-refractivity contribution in [2.45, 2.75) is 13.8 Å². The van der Waals surface area contributed by atoms with Crippen molar-refractivity contribution >= 4 is 74.4 Å². The summed E-state index contributed by atoms with van der Waals surface area (Å²) in [7, 11) is 0. The summed E-state index contributed by atoms with van der Waals surface area (Å²) in [5.41, 5.74) is 8.77. The molecule has 0 saturated heterocycles. The average Bonchev–Trinajstić information content (AvgIpc) is 2.81. The lowest BCUT2D eigenvalue weighted by molar-refractivity contribution is 0.101. The summed E-state index contributed by atoms with van der Waals surface area (Å²) in [5, 5.41) is 4.34. The fourth-order valence-corrected chi connectivity index (χ4v) is 3.64. The maximum absolute atomic E-state index is 11.5. The highest BCUT2D eigenvalue weighted by Crippen LogP contribution is 2.25. The first-order valence-electron chi connectivity index (χ1n) is 10.6. The van der Waals surface area contributed by atoms with Gasteiger partial charge in [-0.2, -0.15) is 0 Å². The highest BCUT2D eigenvalue weighted by molar-refractivity contribution is 14.1. The second-order valence-electron chi connectivity index (χ2n) is 7.32. The van der Waals surface area contributed by atoms with E-state index in [0.29, 0.717) is 26.9 Å². The molecule has 35 heavy (non-hydrogen) atoms. The van der Waals surface area contributed by atoms with Crippen LogP contribution in [0.1, 0.15) is 34.6 Å². The third kappa shape index (κ3) is 10.1. The smallest absolute Gasteiger partial charge is 0.161 e. The molecule has 0 atom stereocenters. The molecule has 0 aliphatic rings. The Balaban J connectivity index is 0.000000205. The number of ketones is 2. The monoisotopic (exact) mass is 618 g/mol. The van der Waals surface area contributed by atoms with Crippen LogP contribution in [-0.2, 0) is 0 Å². The first-order valence-corrected chi connectivity index (χ1v) is 12.4. The Hall–Kier alpha value is -2.87. The molecule has 0 aliphatic carbocycles.